The third-order valence-corrected chi connectivity index (χ3v) is 5.74. The molecule has 0 spiro atoms. The average Bonchev–Trinajstić information content (AvgIpc) is 2.40. The van der Waals surface area contributed by atoms with Gasteiger partial charge in [-0.15, -0.1) is 0 Å². The maximum Gasteiger partial charge on any atom is 0.326 e. The van der Waals surface area contributed by atoms with Gasteiger partial charge in [-0.05, 0) is 43.4 Å². The van der Waals surface area contributed by atoms with Gasteiger partial charge < -0.3 is 15.7 Å². The first-order valence-electron chi connectivity index (χ1n) is 9.71. The van der Waals surface area contributed by atoms with Gasteiger partial charge in [0.1, 0.15) is 6.04 Å². The van der Waals surface area contributed by atoms with Crippen LogP contribution in [0.25, 0.3) is 0 Å². The van der Waals surface area contributed by atoms with Crippen LogP contribution in [0.1, 0.15) is 82.1 Å². The van der Waals surface area contributed by atoms with Crippen molar-refractivity contribution < 1.29 is 19.5 Å². The van der Waals surface area contributed by atoms with Crippen LogP contribution >= 0.6 is 0 Å². The molecule has 0 aliphatic carbocycles. The van der Waals surface area contributed by atoms with Crippen molar-refractivity contribution in [2.75, 3.05) is 0 Å². The Balaban J connectivity index is 4.99. The molecule has 0 radical (unpaired) electrons. The van der Waals surface area contributed by atoms with E-state index in [1.807, 2.05) is 13.8 Å². The van der Waals surface area contributed by atoms with Crippen LogP contribution in [0.5, 0.6) is 0 Å². The summed E-state index contributed by atoms with van der Waals surface area (Å²) in [6, 6.07) is -0.995. The third-order valence-electron chi connectivity index (χ3n) is 5.74. The number of carboxylic acid groups (broad SMARTS) is 1. The SMILES string of the molecule is CC(=O)N[C@@H](C(=O)O)C(C)CC(C)C(=O)NC(C)(C)CC(C)(C)C(C)(C)C. The van der Waals surface area contributed by atoms with Gasteiger partial charge in [-0.1, -0.05) is 48.5 Å². The fourth-order valence-corrected chi connectivity index (χ4v) is 3.34. The Hall–Kier alpha value is -1.59. The first kappa shape index (κ1) is 25.4. The Kier molecular flexibility index (Phi) is 8.53. The second-order valence-electron chi connectivity index (χ2n) is 10.3. The molecule has 0 aromatic heterocycles. The fraction of sp³-hybridized carbons (Fsp3) is 0.857. The quantitative estimate of drug-likeness (QED) is 0.566. The lowest BCUT2D eigenvalue weighted by molar-refractivity contribution is -0.143. The molecule has 27 heavy (non-hydrogen) atoms. The minimum atomic E-state index is -1.09. The number of aliphatic carboxylic acids is 1. The predicted molar refractivity (Wildman–Crippen MR) is 108 cm³/mol. The standard InChI is InChI=1S/C21H40N2O4/c1-13(16(18(26)27)22-15(3)24)11-14(2)17(25)23-21(9,10)12-20(7,8)19(4,5)6/h13-14,16H,11-12H2,1-10H3,(H,22,24)(H,23,25)(H,26,27)/t13?,14?,16-/m1/s1. The molecule has 158 valence electrons. The van der Waals surface area contributed by atoms with E-state index in [9.17, 15) is 19.5 Å². The second kappa shape index (κ2) is 9.07. The first-order valence-corrected chi connectivity index (χ1v) is 9.71. The molecule has 0 aliphatic rings. The smallest absolute Gasteiger partial charge is 0.326 e. The van der Waals surface area contributed by atoms with Crippen LogP contribution in [-0.4, -0.2) is 34.5 Å². The number of nitrogens with one attached hydrogen (secondary N) is 2. The zero-order valence-electron chi connectivity index (χ0n) is 18.8. The molecular formula is C21H40N2O4. The molecule has 3 N–H and O–H groups in total. The number of carbonyl (C=O) groups is 3. The second-order valence-corrected chi connectivity index (χ2v) is 10.3. The van der Waals surface area contributed by atoms with E-state index in [1.165, 1.54) is 6.92 Å². The predicted octanol–water partition coefficient (Wildman–Crippen LogP) is 3.60. The minimum Gasteiger partial charge on any atom is -0.480 e. The van der Waals surface area contributed by atoms with Crippen LogP contribution in [0.2, 0.25) is 0 Å². The number of carboxylic acids is 1. The van der Waals surface area contributed by atoms with Crippen molar-refractivity contribution >= 4 is 17.8 Å². The molecule has 0 saturated heterocycles. The largest absolute Gasteiger partial charge is 0.480 e. The van der Waals surface area contributed by atoms with Crippen LogP contribution in [0.3, 0.4) is 0 Å². The number of carbonyl (C=O) groups excluding carboxylic acids is 2. The zero-order valence-corrected chi connectivity index (χ0v) is 18.8. The van der Waals surface area contributed by atoms with E-state index < -0.39 is 17.9 Å². The van der Waals surface area contributed by atoms with Crippen molar-refractivity contribution in [3.05, 3.63) is 0 Å². The number of rotatable bonds is 9. The summed E-state index contributed by atoms with van der Waals surface area (Å²) in [5.74, 6) is -2.29. The van der Waals surface area contributed by atoms with Crippen molar-refractivity contribution in [2.45, 2.75) is 93.7 Å². The van der Waals surface area contributed by atoms with Gasteiger partial charge in [0.2, 0.25) is 11.8 Å². The topological polar surface area (TPSA) is 95.5 Å². The summed E-state index contributed by atoms with van der Waals surface area (Å²) >= 11 is 0. The van der Waals surface area contributed by atoms with Crippen molar-refractivity contribution in [2.24, 2.45) is 22.7 Å². The molecule has 0 fully saturated rings. The van der Waals surface area contributed by atoms with E-state index >= 15 is 0 Å². The first-order chi connectivity index (χ1) is 11.9. The van der Waals surface area contributed by atoms with E-state index in [4.69, 9.17) is 0 Å². The maximum absolute atomic E-state index is 12.7. The lowest BCUT2D eigenvalue weighted by atomic mass is 9.64. The lowest BCUT2D eigenvalue weighted by Crippen LogP contribution is -2.51. The van der Waals surface area contributed by atoms with Gasteiger partial charge in [-0.2, -0.15) is 0 Å². The minimum absolute atomic E-state index is 0.0279. The van der Waals surface area contributed by atoms with Gasteiger partial charge in [0.05, 0.1) is 0 Å². The molecule has 0 aliphatic heterocycles. The fourth-order valence-electron chi connectivity index (χ4n) is 3.34. The van der Waals surface area contributed by atoms with Gasteiger partial charge in [0.25, 0.3) is 0 Å². The molecule has 2 unspecified atom stereocenters. The highest BCUT2D eigenvalue weighted by molar-refractivity contribution is 5.82. The molecule has 0 heterocycles. The summed E-state index contributed by atoms with van der Waals surface area (Å²) in [5.41, 5.74) is -0.252. The van der Waals surface area contributed by atoms with Crippen molar-refractivity contribution in [1.82, 2.24) is 10.6 Å². The summed E-state index contributed by atoms with van der Waals surface area (Å²) in [5, 5.41) is 14.9. The summed E-state index contributed by atoms with van der Waals surface area (Å²) < 4.78 is 0. The summed E-state index contributed by atoms with van der Waals surface area (Å²) in [7, 11) is 0. The van der Waals surface area contributed by atoms with Crippen LogP contribution in [0.4, 0.5) is 0 Å². The Bertz CT molecular complexity index is 547. The van der Waals surface area contributed by atoms with Crippen LogP contribution in [-0.2, 0) is 14.4 Å². The zero-order chi connectivity index (χ0) is 21.8. The summed E-state index contributed by atoms with van der Waals surface area (Å²) in [4.78, 5) is 35.3. The Labute approximate surface area is 164 Å². The lowest BCUT2D eigenvalue weighted by Gasteiger charge is -2.44. The molecule has 0 aromatic rings. The molecule has 6 heteroatoms. The Morgan fingerprint density at radius 3 is 1.81 bits per heavy atom. The van der Waals surface area contributed by atoms with Crippen molar-refractivity contribution in [3.63, 3.8) is 0 Å². The molecule has 0 saturated carbocycles. The van der Waals surface area contributed by atoms with E-state index in [0.29, 0.717) is 6.42 Å². The molecule has 3 atom stereocenters. The number of amides is 2. The Morgan fingerprint density at radius 1 is 0.963 bits per heavy atom. The summed E-state index contributed by atoms with van der Waals surface area (Å²) in [6.07, 6.45) is 1.20. The van der Waals surface area contributed by atoms with Crippen LogP contribution in [0, 0.1) is 22.7 Å². The van der Waals surface area contributed by atoms with E-state index in [2.05, 4.69) is 45.3 Å². The van der Waals surface area contributed by atoms with Gasteiger partial charge in [0, 0.05) is 18.4 Å². The molecule has 6 nitrogen and oxygen atoms in total. The van der Waals surface area contributed by atoms with Crippen LogP contribution < -0.4 is 10.6 Å². The van der Waals surface area contributed by atoms with Crippen LogP contribution in [0.15, 0.2) is 0 Å². The maximum atomic E-state index is 12.7. The normalized spacial score (nSPS) is 16.2. The van der Waals surface area contributed by atoms with Gasteiger partial charge in [0.15, 0.2) is 0 Å². The average molecular weight is 385 g/mol. The molecule has 2 amide bonds. The van der Waals surface area contributed by atoms with E-state index in [0.717, 1.165) is 6.42 Å². The van der Waals surface area contributed by atoms with Gasteiger partial charge in [-0.25, -0.2) is 4.79 Å². The number of hydrogen-bond donors (Lipinski definition) is 3. The highest BCUT2D eigenvalue weighted by atomic mass is 16.4. The molecule has 0 bridgehead atoms. The van der Waals surface area contributed by atoms with E-state index in [1.54, 1.807) is 13.8 Å². The van der Waals surface area contributed by atoms with E-state index in [-0.39, 0.29) is 34.1 Å². The van der Waals surface area contributed by atoms with Crippen molar-refractivity contribution in [3.8, 4) is 0 Å². The third kappa shape index (κ3) is 8.31. The highest BCUT2D eigenvalue weighted by Crippen LogP contribution is 2.43. The number of hydrogen-bond acceptors (Lipinski definition) is 3. The monoisotopic (exact) mass is 384 g/mol. The highest BCUT2D eigenvalue weighted by Gasteiger charge is 2.39. The van der Waals surface area contributed by atoms with Crippen molar-refractivity contribution in [1.29, 1.82) is 0 Å². The van der Waals surface area contributed by atoms with Gasteiger partial charge in [-0.3, -0.25) is 9.59 Å². The molecule has 0 aromatic carbocycles. The molecular weight excluding hydrogens is 344 g/mol. The summed E-state index contributed by atoms with van der Waals surface area (Å²) in [6.45, 7) is 19.9. The Morgan fingerprint density at radius 2 is 1.44 bits per heavy atom. The molecule has 0 rings (SSSR count). The van der Waals surface area contributed by atoms with Gasteiger partial charge >= 0.3 is 5.97 Å².